The van der Waals surface area contributed by atoms with Gasteiger partial charge in [0.2, 0.25) is 0 Å². The van der Waals surface area contributed by atoms with E-state index in [-0.39, 0.29) is 6.61 Å². The van der Waals surface area contributed by atoms with Crippen molar-refractivity contribution in [1.29, 1.82) is 0 Å². The largest absolute Gasteiger partial charge is 0.421 e. The maximum absolute atomic E-state index is 10.6. The monoisotopic (exact) mass is 318 g/mol. The van der Waals surface area contributed by atoms with Crippen LogP contribution in [-0.4, -0.2) is 11.5 Å². The zero-order chi connectivity index (χ0) is 14.8. The van der Waals surface area contributed by atoms with Gasteiger partial charge < -0.3 is 4.89 Å². The Hall–Kier alpha value is -0.340. The molecule has 1 N–H and O–H groups in total. The molecule has 0 heterocycles. The molecule has 3 nitrogen and oxygen atoms in total. The van der Waals surface area contributed by atoms with Gasteiger partial charge in [-0.2, -0.15) is 0 Å². The molecule has 0 amide bonds. The fraction of sp³-hybridized carbons (Fsp3) is 0.600. The number of hydrogen-bond donors (Lipinski definition) is 1. The Morgan fingerprint density at radius 1 is 1.05 bits per heavy atom. The second-order valence-electron chi connectivity index (χ2n) is 5.14. The summed E-state index contributed by atoms with van der Waals surface area (Å²) in [5, 5.41) is 0. The van der Waals surface area contributed by atoms with Crippen LogP contribution >= 0.6 is 18.2 Å². The van der Waals surface area contributed by atoms with E-state index >= 15 is 0 Å². The molecule has 0 aromatic heterocycles. The minimum absolute atomic E-state index is 0.265. The summed E-state index contributed by atoms with van der Waals surface area (Å²) >= 11 is 5.07. The molecule has 0 fully saturated rings. The molecule has 0 aliphatic heterocycles. The smallest absolute Gasteiger partial charge is 0.313 e. The lowest BCUT2D eigenvalue weighted by Gasteiger charge is -2.05. The zero-order valence-electron chi connectivity index (χ0n) is 12.1. The molecule has 0 aliphatic rings. The van der Waals surface area contributed by atoms with E-state index in [1.54, 1.807) is 0 Å². The van der Waals surface area contributed by atoms with Gasteiger partial charge in [0.1, 0.15) is 0 Å². The highest BCUT2D eigenvalue weighted by atomic mass is 35.7. The average Bonchev–Trinajstić information content (AvgIpc) is 2.37. The zero-order valence-corrected chi connectivity index (χ0v) is 13.7. The van der Waals surface area contributed by atoms with E-state index in [4.69, 9.17) is 16.1 Å². The van der Waals surface area contributed by atoms with Gasteiger partial charge in [-0.05, 0) is 31.7 Å². The summed E-state index contributed by atoms with van der Waals surface area (Å²) in [4.78, 5) is 8.71. The predicted molar refractivity (Wildman–Crippen MR) is 84.2 cm³/mol. The maximum Gasteiger partial charge on any atom is 0.421 e. The van der Waals surface area contributed by atoms with Crippen LogP contribution in [0, 0.1) is 6.92 Å². The van der Waals surface area contributed by atoms with E-state index < -0.39 is 6.95 Å². The number of rotatable bonds is 10. The lowest BCUT2D eigenvalue weighted by Crippen LogP contribution is -1.90. The third-order valence-corrected chi connectivity index (χ3v) is 4.02. The first kappa shape index (κ1) is 17.7. The van der Waals surface area contributed by atoms with Crippen LogP contribution in [0.3, 0.4) is 0 Å². The Kier molecular flexibility index (Phi) is 8.47. The molecule has 0 aliphatic carbocycles. The Labute approximate surface area is 126 Å². The fourth-order valence-corrected chi connectivity index (χ4v) is 2.63. The number of unbranched alkanes of at least 4 members (excludes halogenated alkanes) is 5. The molecule has 1 atom stereocenters. The summed E-state index contributed by atoms with van der Waals surface area (Å²) in [7, 11) is 0. The van der Waals surface area contributed by atoms with E-state index in [0.717, 1.165) is 25.7 Å². The third kappa shape index (κ3) is 9.55. The molecule has 114 valence electrons. The molecule has 5 heteroatoms. The van der Waals surface area contributed by atoms with E-state index in [1.807, 2.05) is 0 Å². The lowest BCUT2D eigenvalue weighted by molar-refractivity contribution is 0.266. The van der Waals surface area contributed by atoms with Crippen molar-refractivity contribution in [2.24, 2.45) is 0 Å². The summed E-state index contributed by atoms with van der Waals surface area (Å²) in [6.45, 7) is -1.43. The van der Waals surface area contributed by atoms with Crippen molar-refractivity contribution in [3.05, 3.63) is 35.4 Å². The van der Waals surface area contributed by atoms with Crippen LogP contribution in [0.15, 0.2) is 24.3 Å². The Morgan fingerprint density at radius 2 is 1.60 bits per heavy atom. The number of halogens is 1. The van der Waals surface area contributed by atoms with Crippen molar-refractivity contribution in [2.75, 3.05) is 6.61 Å². The van der Waals surface area contributed by atoms with Crippen LogP contribution in [0.5, 0.6) is 0 Å². The molecule has 20 heavy (non-hydrogen) atoms. The van der Waals surface area contributed by atoms with Gasteiger partial charge in [0.15, 0.2) is 0 Å². The molecule has 0 radical (unpaired) electrons. The molecule has 1 rings (SSSR count). The standard InChI is InChI=1S/C15H24ClO3P/c1-14-9-11-15(12-10-14)8-6-4-2-3-5-7-13-19-20(16,17)18/h9-12H,2-8,13H2,1H3,(H,17,18). The summed E-state index contributed by atoms with van der Waals surface area (Å²) in [6.07, 6.45) is 7.72. The second kappa shape index (κ2) is 9.57. The topological polar surface area (TPSA) is 46.5 Å². The highest BCUT2D eigenvalue weighted by Gasteiger charge is 2.12. The number of hydrogen-bond acceptors (Lipinski definition) is 2. The van der Waals surface area contributed by atoms with E-state index in [1.165, 1.54) is 30.4 Å². The van der Waals surface area contributed by atoms with E-state index in [0.29, 0.717) is 0 Å². The third-order valence-electron chi connectivity index (χ3n) is 3.23. The van der Waals surface area contributed by atoms with Crippen LogP contribution in [-0.2, 0) is 15.5 Å². The van der Waals surface area contributed by atoms with Crippen molar-refractivity contribution < 1.29 is 14.0 Å². The van der Waals surface area contributed by atoms with Gasteiger partial charge in [-0.15, -0.1) is 0 Å². The van der Waals surface area contributed by atoms with Crippen LogP contribution in [0.2, 0.25) is 0 Å². The Bertz CT molecular complexity index is 414. The molecule has 0 saturated heterocycles. The van der Waals surface area contributed by atoms with Crippen LogP contribution < -0.4 is 0 Å². The van der Waals surface area contributed by atoms with Crippen molar-refractivity contribution in [2.45, 2.75) is 51.9 Å². The SMILES string of the molecule is Cc1ccc(CCCCCCCCOP(=O)(O)Cl)cc1. The number of aryl methyl sites for hydroxylation is 2. The minimum Gasteiger partial charge on any atom is -0.313 e. The van der Waals surface area contributed by atoms with Crippen molar-refractivity contribution in [1.82, 2.24) is 0 Å². The molecule has 1 aromatic carbocycles. The van der Waals surface area contributed by atoms with Gasteiger partial charge in [0.05, 0.1) is 6.61 Å². The number of benzene rings is 1. The highest BCUT2D eigenvalue weighted by molar-refractivity contribution is 7.80. The highest BCUT2D eigenvalue weighted by Crippen LogP contribution is 2.47. The summed E-state index contributed by atoms with van der Waals surface area (Å²) in [5.41, 5.74) is 2.71. The molecule has 1 aromatic rings. The normalized spacial score (nSPS) is 14.2. The quantitative estimate of drug-likeness (QED) is 0.474. The van der Waals surface area contributed by atoms with Gasteiger partial charge >= 0.3 is 6.95 Å². The summed E-state index contributed by atoms with van der Waals surface area (Å²) in [5.74, 6) is 0. The molecule has 0 saturated carbocycles. The van der Waals surface area contributed by atoms with Crippen LogP contribution in [0.4, 0.5) is 0 Å². The summed E-state index contributed by atoms with van der Waals surface area (Å²) < 4.78 is 15.2. The molecule has 0 bridgehead atoms. The fourth-order valence-electron chi connectivity index (χ4n) is 2.07. The minimum atomic E-state index is -3.80. The first-order valence-corrected chi connectivity index (χ1v) is 9.68. The Balaban J connectivity index is 1.92. The van der Waals surface area contributed by atoms with Crippen LogP contribution in [0.25, 0.3) is 0 Å². The van der Waals surface area contributed by atoms with Gasteiger partial charge in [-0.3, -0.25) is 4.52 Å². The van der Waals surface area contributed by atoms with Crippen molar-refractivity contribution in [3.63, 3.8) is 0 Å². The Morgan fingerprint density at radius 3 is 2.20 bits per heavy atom. The summed E-state index contributed by atoms with van der Waals surface area (Å²) in [6, 6.07) is 8.72. The molecular weight excluding hydrogens is 295 g/mol. The second-order valence-corrected chi connectivity index (χ2v) is 7.58. The van der Waals surface area contributed by atoms with Crippen molar-refractivity contribution >= 4 is 18.2 Å². The van der Waals surface area contributed by atoms with Gasteiger partial charge in [-0.25, -0.2) is 4.57 Å². The lowest BCUT2D eigenvalue weighted by atomic mass is 10.0. The van der Waals surface area contributed by atoms with Crippen molar-refractivity contribution in [3.8, 4) is 0 Å². The van der Waals surface area contributed by atoms with E-state index in [9.17, 15) is 4.57 Å². The molecule has 1 unspecified atom stereocenters. The van der Waals surface area contributed by atoms with Gasteiger partial charge in [0.25, 0.3) is 0 Å². The van der Waals surface area contributed by atoms with Crippen LogP contribution in [0.1, 0.15) is 49.7 Å². The van der Waals surface area contributed by atoms with Gasteiger partial charge in [0, 0.05) is 11.2 Å². The molecule has 0 spiro atoms. The maximum atomic E-state index is 10.6. The average molecular weight is 319 g/mol. The molecular formula is C15H24ClO3P. The predicted octanol–water partition coefficient (Wildman–Crippen LogP) is 5.23. The first-order chi connectivity index (χ1) is 9.47. The van der Waals surface area contributed by atoms with Gasteiger partial charge in [-0.1, -0.05) is 55.5 Å². The van der Waals surface area contributed by atoms with E-state index in [2.05, 4.69) is 35.7 Å². The first-order valence-electron chi connectivity index (χ1n) is 7.20.